The van der Waals surface area contributed by atoms with Crippen LogP contribution in [0.3, 0.4) is 0 Å². The SMILES string of the molecule is COc1ccc(CN(Cc2ccc(OC)cc2)S(=O)(=O)c2c(S(=O)(=O)CCNC(=O)OC(C)(C)C)ccc(-c3cccc(N)c3N)c2-c2nnn(Cc3ccc(OC)cc3)n2)cc1. The first-order chi connectivity index (χ1) is 29.9. The smallest absolute Gasteiger partial charge is 0.407 e. The molecule has 1 heterocycles. The summed E-state index contributed by atoms with van der Waals surface area (Å²) in [5.41, 5.74) is 14.5. The molecule has 1 amide bonds. The number of carbonyl (C=O) groups excluding carboxylic acids is 1. The highest BCUT2D eigenvalue weighted by atomic mass is 32.2. The zero-order valence-corrected chi connectivity index (χ0v) is 37.4. The summed E-state index contributed by atoms with van der Waals surface area (Å²) in [6, 6.07) is 28.3. The van der Waals surface area contributed by atoms with Gasteiger partial charge in [-0.2, -0.15) is 9.10 Å². The number of anilines is 2. The zero-order chi connectivity index (χ0) is 45.5. The van der Waals surface area contributed by atoms with Crippen molar-refractivity contribution in [2.45, 2.75) is 55.8 Å². The molecule has 0 aliphatic rings. The number of sulfonamides is 1. The van der Waals surface area contributed by atoms with Crippen LogP contribution in [0.5, 0.6) is 17.2 Å². The van der Waals surface area contributed by atoms with E-state index in [2.05, 4.69) is 20.7 Å². The number of para-hydroxylation sites is 1. The van der Waals surface area contributed by atoms with Gasteiger partial charge in [0.1, 0.15) is 27.7 Å². The molecule has 0 atom stereocenters. The topological polar surface area (TPSA) is 233 Å². The molecule has 0 fully saturated rings. The Kier molecular flexibility index (Phi) is 13.9. The molecule has 0 spiro atoms. The highest BCUT2D eigenvalue weighted by molar-refractivity contribution is 7.93. The molecule has 5 aromatic carbocycles. The number of nitrogens with zero attached hydrogens (tertiary/aromatic N) is 5. The molecule has 17 nitrogen and oxygen atoms in total. The van der Waals surface area contributed by atoms with Crippen molar-refractivity contribution in [3.8, 4) is 39.8 Å². The molecule has 0 radical (unpaired) electrons. The monoisotopic (exact) mass is 898 g/mol. The molecule has 6 aromatic rings. The summed E-state index contributed by atoms with van der Waals surface area (Å²) < 4.78 is 83.5. The average Bonchev–Trinajstić information content (AvgIpc) is 3.72. The van der Waals surface area contributed by atoms with Gasteiger partial charge in [-0.1, -0.05) is 54.6 Å². The molecular formula is C44H50N8O9S2. The van der Waals surface area contributed by atoms with Crippen molar-refractivity contribution >= 4 is 37.3 Å². The molecule has 0 bridgehead atoms. The predicted octanol–water partition coefficient (Wildman–Crippen LogP) is 5.94. The van der Waals surface area contributed by atoms with Crippen LogP contribution in [0.2, 0.25) is 0 Å². The quantitative estimate of drug-likeness (QED) is 0.0901. The molecule has 1 aromatic heterocycles. The molecular weight excluding hydrogens is 849 g/mol. The van der Waals surface area contributed by atoms with Crippen LogP contribution in [0.25, 0.3) is 22.5 Å². The van der Waals surface area contributed by atoms with Gasteiger partial charge in [-0.25, -0.2) is 21.6 Å². The van der Waals surface area contributed by atoms with Crippen LogP contribution in [-0.2, 0) is 44.2 Å². The van der Waals surface area contributed by atoms with E-state index in [0.717, 1.165) is 5.56 Å². The predicted molar refractivity (Wildman–Crippen MR) is 238 cm³/mol. The minimum atomic E-state index is -4.92. The van der Waals surface area contributed by atoms with E-state index < -0.39 is 53.6 Å². The maximum atomic E-state index is 15.9. The minimum absolute atomic E-state index is 0.109. The van der Waals surface area contributed by atoms with E-state index in [0.29, 0.717) is 33.9 Å². The number of hydrogen-bond donors (Lipinski definition) is 3. The number of methoxy groups -OCH3 is 3. The molecule has 63 heavy (non-hydrogen) atoms. The molecule has 6 rings (SSSR count). The fourth-order valence-corrected chi connectivity index (χ4v) is 10.2. The van der Waals surface area contributed by atoms with Gasteiger partial charge in [0.2, 0.25) is 15.8 Å². The average molecular weight is 899 g/mol. The number of nitrogens with one attached hydrogen (secondary N) is 1. The number of benzene rings is 5. The van der Waals surface area contributed by atoms with Gasteiger partial charge in [-0.3, -0.25) is 0 Å². The van der Waals surface area contributed by atoms with Crippen LogP contribution in [0.1, 0.15) is 37.5 Å². The van der Waals surface area contributed by atoms with E-state index in [1.807, 2.05) is 12.1 Å². The Balaban J connectivity index is 1.60. The van der Waals surface area contributed by atoms with Crippen molar-refractivity contribution in [3.05, 3.63) is 120 Å². The first-order valence-electron chi connectivity index (χ1n) is 19.6. The summed E-state index contributed by atoms with van der Waals surface area (Å²) in [6.07, 6.45) is -0.846. The third kappa shape index (κ3) is 11.0. The van der Waals surface area contributed by atoms with Gasteiger partial charge >= 0.3 is 6.09 Å². The molecule has 19 heteroatoms. The Morgan fingerprint density at radius 2 is 1.27 bits per heavy atom. The number of tetrazole rings is 1. The fraction of sp³-hybridized carbons (Fsp3) is 0.273. The molecule has 0 saturated heterocycles. The lowest BCUT2D eigenvalue weighted by molar-refractivity contribution is 0.0531. The number of alkyl carbamates (subject to hydrolysis) is 1. The van der Waals surface area contributed by atoms with E-state index in [-0.39, 0.29) is 48.0 Å². The molecule has 0 saturated carbocycles. The van der Waals surface area contributed by atoms with Crippen LogP contribution in [-0.4, -0.2) is 86.7 Å². The van der Waals surface area contributed by atoms with Crippen molar-refractivity contribution in [2.24, 2.45) is 0 Å². The highest BCUT2D eigenvalue weighted by Crippen LogP contribution is 2.44. The number of ether oxygens (including phenoxy) is 4. The maximum absolute atomic E-state index is 15.9. The third-order valence-electron chi connectivity index (χ3n) is 9.72. The van der Waals surface area contributed by atoms with Crippen LogP contribution in [0.4, 0.5) is 16.2 Å². The standard InChI is InChI=1S/C44H50N8O9S2/c1-44(2,3)61-43(53)47-24-25-62(54,55)38-23-22-35(36-8-7-9-37(45)40(36)46)39(42-48-50-52(49-42)28-31-14-20-34(60-6)21-15-31)41(38)63(56,57)51(26-29-10-16-32(58-4)17-11-29)27-30-12-18-33(59-5)19-13-30/h7-23H,24-28,45-46H2,1-6H3,(H,47,53). The number of sulfone groups is 1. The van der Waals surface area contributed by atoms with Gasteiger partial charge in [0, 0.05) is 25.2 Å². The lowest BCUT2D eigenvalue weighted by Crippen LogP contribution is -2.35. The second kappa shape index (κ2) is 19.1. The first kappa shape index (κ1) is 45.8. The van der Waals surface area contributed by atoms with E-state index in [1.54, 1.807) is 107 Å². The molecule has 0 unspecified atom stereocenters. The lowest BCUT2D eigenvalue weighted by Gasteiger charge is -2.26. The van der Waals surface area contributed by atoms with Crippen molar-refractivity contribution in [1.82, 2.24) is 29.8 Å². The third-order valence-corrected chi connectivity index (χ3v) is 13.5. The van der Waals surface area contributed by atoms with Crippen LogP contribution < -0.4 is 31.0 Å². The van der Waals surface area contributed by atoms with E-state index >= 15 is 8.42 Å². The number of nitrogen functional groups attached to an aromatic ring is 2. The van der Waals surface area contributed by atoms with E-state index in [1.165, 1.54) is 35.5 Å². The number of hydrogen-bond acceptors (Lipinski definition) is 14. The van der Waals surface area contributed by atoms with Crippen molar-refractivity contribution < 1.29 is 40.6 Å². The van der Waals surface area contributed by atoms with Gasteiger partial charge in [0.05, 0.1) is 55.5 Å². The Labute approximate surface area is 366 Å². The summed E-state index contributed by atoms with van der Waals surface area (Å²) in [5, 5.41) is 15.7. The van der Waals surface area contributed by atoms with Crippen molar-refractivity contribution in [3.63, 3.8) is 0 Å². The Morgan fingerprint density at radius 3 is 1.79 bits per heavy atom. The number of rotatable bonds is 17. The molecule has 332 valence electrons. The second-order valence-electron chi connectivity index (χ2n) is 15.3. The van der Waals surface area contributed by atoms with Gasteiger partial charge in [0.15, 0.2) is 9.84 Å². The number of carbonyl (C=O) groups is 1. The van der Waals surface area contributed by atoms with E-state index in [4.69, 9.17) is 30.4 Å². The first-order valence-corrected chi connectivity index (χ1v) is 22.7. The van der Waals surface area contributed by atoms with Gasteiger partial charge in [0.25, 0.3) is 0 Å². The summed E-state index contributed by atoms with van der Waals surface area (Å²) in [5.74, 6) is 0.822. The van der Waals surface area contributed by atoms with E-state index in [9.17, 15) is 13.2 Å². The highest BCUT2D eigenvalue weighted by Gasteiger charge is 2.38. The summed E-state index contributed by atoms with van der Waals surface area (Å²) in [7, 11) is -4.90. The maximum Gasteiger partial charge on any atom is 0.407 e. The van der Waals surface area contributed by atoms with Gasteiger partial charge in [-0.15, -0.1) is 10.2 Å². The minimum Gasteiger partial charge on any atom is -0.497 e. The zero-order valence-electron chi connectivity index (χ0n) is 35.7. The van der Waals surface area contributed by atoms with Crippen LogP contribution in [0.15, 0.2) is 113 Å². The Hall–Kier alpha value is -6.70. The summed E-state index contributed by atoms with van der Waals surface area (Å²) >= 11 is 0. The molecule has 5 N–H and O–H groups in total. The largest absolute Gasteiger partial charge is 0.497 e. The molecule has 0 aliphatic carbocycles. The van der Waals surface area contributed by atoms with Crippen LogP contribution >= 0.6 is 0 Å². The normalized spacial score (nSPS) is 11.9. The van der Waals surface area contributed by atoms with Crippen molar-refractivity contribution in [2.75, 3.05) is 45.1 Å². The fourth-order valence-electron chi connectivity index (χ4n) is 6.57. The number of nitrogens with two attached hydrogens (primary N) is 2. The number of amides is 1. The lowest BCUT2D eigenvalue weighted by atomic mass is 9.97. The van der Waals surface area contributed by atoms with Gasteiger partial charge < -0.3 is 35.7 Å². The van der Waals surface area contributed by atoms with Crippen molar-refractivity contribution in [1.29, 1.82) is 0 Å². The number of aromatic nitrogens is 4. The Bertz CT molecular complexity index is 2730. The van der Waals surface area contributed by atoms with Gasteiger partial charge in [-0.05, 0) is 96.8 Å². The summed E-state index contributed by atoms with van der Waals surface area (Å²) in [6.45, 7) is 4.29. The summed E-state index contributed by atoms with van der Waals surface area (Å²) in [4.78, 5) is 12.6. The Morgan fingerprint density at radius 1 is 0.730 bits per heavy atom. The molecule has 0 aliphatic heterocycles. The second-order valence-corrected chi connectivity index (χ2v) is 19.3. The van der Waals surface area contributed by atoms with Crippen LogP contribution in [0, 0.1) is 0 Å².